The first kappa shape index (κ1) is 13.2. The number of carboxylic acids is 1. The van der Waals surface area contributed by atoms with E-state index in [9.17, 15) is 9.90 Å². The Bertz CT molecular complexity index is 698. The molecule has 0 saturated carbocycles. The van der Waals surface area contributed by atoms with Gasteiger partial charge in [-0.15, -0.1) is 11.3 Å². The van der Waals surface area contributed by atoms with Crippen LogP contribution in [0.1, 0.15) is 15.5 Å². The average Bonchev–Trinajstić information content (AvgIpc) is 2.81. The van der Waals surface area contributed by atoms with Crippen molar-refractivity contribution in [2.75, 3.05) is 13.2 Å². The number of aryl methyl sites for hydroxylation is 1. The van der Waals surface area contributed by atoms with Crippen LogP contribution in [0.2, 0.25) is 5.02 Å². The van der Waals surface area contributed by atoms with Crippen LogP contribution in [-0.2, 0) is 0 Å². The summed E-state index contributed by atoms with van der Waals surface area (Å²) in [5.74, 6) is -0.0312. The first-order valence-corrected chi connectivity index (χ1v) is 7.06. The van der Waals surface area contributed by atoms with Gasteiger partial charge in [-0.3, -0.25) is 0 Å². The number of benzene rings is 1. The molecule has 0 fully saturated rings. The fraction of sp³-hybridized carbons (Fsp3) is 0.231. The summed E-state index contributed by atoms with van der Waals surface area (Å²) in [6, 6.07) is 3.41. The molecule has 0 spiro atoms. The Morgan fingerprint density at radius 3 is 2.90 bits per heavy atom. The van der Waals surface area contributed by atoms with Crippen molar-refractivity contribution >= 4 is 28.9 Å². The van der Waals surface area contributed by atoms with Gasteiger partial charge in [0.2, 0.25) is 0 Å². The molecule has 104 valence electrons. The lowest BCUT2D eigenvalue weighted by atomic mass is 10.1. The molecule has 3 rings (SSSR count). The first-order chi connectivity index (χ1) is 9.56. The van der Waals surface area contributed by atoms with E-state index in [0.29, 0.717) is 45.2 Å². The maximum absolute atomic E-state index is 11.2. The van der Waals surface area contributed by atoms with Crippen molar-refractivity contribution < 1.29 is 19.4 Å². The number of hydrogen-bond acceptors (Lipinski definition) is 5. The maximum Gasteiger partial charge on any atom is 0.356 e. The highest BCUT2D eigenvalue weighted by Gasteiger charge is 2.22. The van der Waals surface area contributed by atoms with Gasteiger partial charge in [-0.25, -0.2) is 9.78 Å². The topological polar surface area (TPSA) is 68.7 Å². The van der Waals surface area contributed by atoms with Crippen LogP contribution in [0.5, 0.6) is 11.5 Å². The predicted molar refractivity (Wildman–Crippen MR) is 75.2 cm³/mol. The molecule has 0 unspecified atom stereocenters. The second-order valence-corrected chi connectivity index (χ2v) is 5.81. The standard InChI is InChI=1S/C13H10ClNO4S/c1-6-15-10(13(16)17)12(20-6)7-4-8(14)11-9(5-7)18-2-3-19-11/h4-5H,2-3H2,1H3,(H,16,17). The highest BCUT2D eigenvalue weighted by molar-refractivity contribution is 7.15. The van der Waals surface area contributed by atoms with Gasteiger partial charge < -0.3 is 14.6 Å². The summed E-state index contributed by atoms with van der Waals surface area (Å²) in [4.78, 5) is 15.8. The molecule has 0 aliphatic carbocycles. The van der Waals surface area contributed by atoms with Crippen LogP contribution >= 0.6 is 22.9 Å². The van der Waals surface area contributed by atoms with Gasteiger partial charge in [-0.2, -0.15) is 0 Å². The third-order valence-electron chi connectivity index (χ3n) is 2.80. The van der Waals surface area contributed by atoms with Gasteiger partial charge >= 0.3 is 5.97 Å². The lowest BCUT2D eigenvalue weighted by Gasteiger charge is -2.20. The Morgan fingerprint density at radius 2 is 2.15 bits per heavy atom. The Balaban J connectivity index is 2.16. The third-order valence-corrected chi connectivity index (χ3v) is 4.10. The number of aromatic nitrogens is 1. The summed E-state index contributed by atoms with van der Waals surface area (Å²) in [5, 5.41) is 10.3. The van der Waals surface area contributed by atoms with Gasteiger partial charge in [-0.05, 0) is 24.6 Å². The molecule has 2 aromatic rings. The minimum absolute atomic E-state index is 0.0280. The fourth-order valence-electron chi connectivity index (χ4n) is 2.01. The van der Waals surface area contributed by atoms with Crippen molar-refractivity contribution in [3.05, 3.63) is 27.9 Å². The Hall–Kier alpha value is -1.79. The molecule has 0 saturated heterocycles. The van der Waals surface area contributed by atoms with E-state index < -0.39 is 5.97 Å². The predicted octanol–water partition coefficient (Wildman–Crippen LogP) is 3.24. The van der Waals surface area contributed by atoms with Crippen molar-refractivity contribution in [1.29, 1.82) is 0 Å². The number of halogens is 1. The van der Waals surface area contributed by atoms with Gasteiger partial charge in [0.05, 0.1) is 14.9 Å². The third kappa shape index (κ3) is 2.21. The lowest BCUT2D eigenvalue weighted by molar-refractivity contribution is 0.0692. The largest absolute Gasteiger partial charge is 0.486 e. The molecule has 0 radical (unpaired) electrons. The van der Waals surface area contributed by atoms with Gasteiger partial charge in [0.25, 0.3) is 0 Å². The van der Waals surface area contributed by atoms with E-state index in [-0.39, 0.29) is 5.69 Å². The van der Waals surface area contributed by atoms with Crippen molar-refractivity contribution in [2.24, 2.45) is 0 Å². The number of hydrogen-bond donors (Lipinski definition) is 1. The number of nitrogens with zero attached hydrogens (tertiary/aromatic N) is 1. The zero-order valence-electron chi connectivity index (χ0n) is 10.5. The SMILES string of the molecule is Cc1nc(C(=O)O)c(-c2cc(Cl)c3c(c2)OCCO3)s1. The van der Waals surface area contributed by atoms with Crippen molar-refractivity contribution in [1.82, 2.24) is 4.98 Å². The molecule has 1 aliphatic rings. The quantitative estimate of drug-likeness (QED) is 0.922. The second-order valence-electron chi connectivity index (χ2n) is 4.20. The summed E-state index contributed by atoms with van der Waals surface area (Å²) in [5.41, 5.74) is 0.697. The smallest absolute Gasteiger partial charge is 0.356 e. The van der Waals surface area contributed by atoms with Crippen LogP contribution in [0.4, 0.5) is 0 Å². The minimum atomic E-state index is -1.06. The summed E-state index contributed by atoms with van der Waals surface area (Å²) >= 11 is 7.48. The molecule has 0 amide bonds. The van der Waals surface area contributed by atoms with Gasteiger partial charge in [0, 0.05) is 0 Å². The molecule has 7 heteroatoms. The Kier molecular flexibility index (Phi) is 3.27. The highest BCUT2D eigenvalue weighted by atomic mass is 35.5. The van der Waals surface area contributed by atoms with Crippen molar-refractivity contribution in [3.63, 3.8) is 0 Å². The van der Waals surface area contributed by atoms with Crippen LogP contribution in [0.25, 0.3) is 10.4 Å². The number of ether oxygens (including phenoxy) is 2. The van der Waals surface area contributed by atoms with Crippen LogP contribution in [-0.4, -0.2) is 29.3 Å². The van der Waals surface area contributed by atoms with E-state index in [0.717, 1.165) is 0 Å². The second kappa shape index (κ2) is 4.96. The molecule has 0 bridgehead atoms. The minimum Gasteiger partial charge on any atom is -0.486 e. The van der Waals surface area contributed by atoms with Gasteiger partial charge in [0.15, 0.2) is 17.2 Å². The maximum atomic E-state index is 11.2. The van der Waals surface area contributed by atoms with Gasteiger partial charge in [0.1, 0.15) is 13.2 Å². The number of carbonyl (C=O) groups is 1. The zero-order chi connectivity index (χ0) is 14.3. The molecule has 1 aromatic carbocycles. The Morgan fingerprint density at radius 1 is 1.40 bits per heavy atom. The highest BCUT2D eigenvalue weighted by Crippen LogP contribution is 2.42. The monoisotopic (exact) mass is 311 g/mol. The fourth-order valence-corrected chi connectivity index (χ4v) is 3.17. The molecule has 20 heavy (non-hydrogen) atoms. The van der Waals surface area contributed by atoms with Crippen molar-refractivity contribution in [2.45, 2.75) is 6.92 Å². The molecule has 1 N–H and O–H groups in total. The summed E-state index contributed by atoms with van der Waals surface area (Å²) in [6.07, 6.45) is 0. The molecular weight excluding hydrogens is 302 g/mol. The molecular formula is C13H10ClNO4S. The van der Waals surface area contributed by atoms with Crippen LogP contribution in [0.15, 0.2) is 12.1 Å². The zero-order valence-corrected chi connectivity index (χ0v) is 12.0. The molecule has 0 atom stereocenters. The Labute approximate surface area is 123 Å². The normalized spacial score (nSPS) is 13.3. The summed E-state index contributed by atoms with van der Waals surface area (Å²) in [7, 11) is 0. The lowest BCUT2D eigenvalue weighted by Crippen LogP contribution is -2.15. The number of fused-ring (bicyclic) bond motifs is 1. The number of thiazole rings is 1. The number of aromatic carboxylic acids is 1. The van der Waals surface area contributed by atoms with E-state index in [2.05, 4.69) is 4.98 Å². The van der Waals surface area contributed by atoms with E-state index in [1.54, 1.807) is 19.1 Å². The van der Waals surface area contributed by atoms with E-state index in [1.165, 1.54) is 11.3 Å². The molecule has 1 aliphatic heterocycles. The van der Waals surface area contributed by atoms with E-state index in [1.807, 2.05) is 0 Å². The van der Waals surface area contributed by atoms with E-state index in [4.69, 9.17) is 21.1 Å². The van der Waals surface area contributed by atoms with E-state index >= 15 is 0 Å². The van der Waals surface area contributed by atoms with Crippen LogP contribution < -0.4 is 9.47 Å². The first-order valence-electron chi connectivity index (χ1n) is 5.86. The molecule has 2 heterocycles. The van der Waals surface area contributed by atoms with Gasteiger partial charge in [-0.1, -0.05) is 11.6 Å². The molecule has 1 aromatic heterocycles. The summed E-state index contributed by atoms with van der Waals surface area (Å²) in [6.45, 7) is 2.66. The summed E-state index contributed by atoms with van der Waals surface area (Å²) < 4.78 is 10.9. The number of rotatable bonds is 2. The van der Waals surface area contributed by atoms with Crippen molar-refractivity contribution in [3.8, 4) is 21.9 Å². The van der Waals surface area contributed by atoms with Crippen LogP contribution in [0, 0.1) is 6.92 Å². The average molecular weight is 312 g/mol. The van der Waals surface area contributed by atoms with Crippen LogP contribution in [0.3, 0.4) is 0 Å². The number of carboxylic acid groups (broad SMARTS) is 1. The molecule has 5 nitrogen and oxygen atoms in total.